The molecule has 1 aromatic rings. The third-order valence-electron chi connectivity index (χ3n) is 1.86. The fourth-order valence-corrected chi connectivity index (χ4v) is 0.959. The van der Waals surface area contributed by atoms with Gasteiger partial charge in [-0.05, 0) is 25.0 Å². The molecule has 64 valence electrons. The van der Waals surface area contributed by atoms with E-state index in [0.29, 0.717) is 0 Å². The van der Waals surface area contributed by atoms with Gasteiger partial charge in [-0.1, -0.05) is 23.8 Å². The fraction of sp³-hybridized carbons (Fsp3) is 0.300. The molecule has 0 heterocycles. The summed E-state index contributed by atoms with van der Waals surface area (Å²) in [5.74, 6) is 0. The number of hydrogen-bond donors (Lipinski definition) is 0. The van der Waals surface area contributed by atoms with Crippen molar-refractivity contribution >= 4 is 0 Å². The molecule has 0 bridgehead atoms. The van der Waals surface area contributed by atoms with Gasteiger partial charge in [-0.3, -0.25) is 0 Å². The second-order valence-corrected chi connectivity index (χ2v) is 2.67. The van der Waals surface area contributed by atoms with Gasteiger partial charge in [0.15, 0.2) is 0 Å². The molecule has 0 N–H and O–H groups in total. The van der Waals surface area contributed by atoms with Crippen molar-refractivity contribution in [3.05, 3.63) is 41.8 Å². The van der Waals surface area contributed by atoms with Crippen molar-refractivity contribution in [3.8, 4) is 0 Å². The number of rotatable bonds is 1. The Balaban J connectivity index is 0.000001000. The largest absolute Gasteiger partial charge is 0.339 e. The molecule has 0 radical (unpaired) electrons. The zero-order valence-corrected chi connectivity index (χ0v) is 7.95. The fourth-order valence-electron chi connectivity index (χ4n) is 0.959. The van der Waals surface area contributed by atoms with E-state index in [1.165, 1.54) is 16.7 Å². The van der Waals surface area contributed by atoms with Crippen LogP contribution >= 0.6 is 0 Å². The summed E-state index contributed by atoms with van der Waals surface area (Å²) in [6, 6.07) is 6.48. The van der Waals surface area contributed by atoms with Gasteiger partial charge in [0.05, 0.1) is 0 Å². The molecule has 1 rings (SSSR count). The van der Waals surface area contributed by atoms with Crippen molar-refractivity contribution in [2.45, 2.75) is 20.3 Å². The Labute approximate surface area is 78.9 Å². The van der Waals surface area contributed by atoms with Crippen LogP contribution in [-0.2, 0) is 22.9 Å². The smallest absolute Gasteiger partial charge is 0 e. The van der Waals surface area contributed by atoms with Gasteiger partial charge in [-0.15, -0.1) is 0 Å². The first-order valence-corrected chi connectivity index (χ1v) is 3.59. The van der Waals surface area contributed by atoms with Crippen molar-refractivity contribution in [2.75, 3.05) is 0 Å². The normalized spacial score (nSPS) is 9.00. The van der Waals surface area contributed by atoms with E-state index in [0.717, 1.165) is 6.42 Å². The molecule has 0 aliphatic rings. The maximum atomic E-state index is 3.83. The molecule has 0 fully saturated rings. The van der Waals surface area contributed by atoms with E-state index in [-0.39, 0.29) is 16.5 Å². The Bertz CT molecular complexity index is 228. The second-order valence-electron chi connectivity index (χ2n) is 2.67. The topological polar surface area (TPSA) is 0 Å². The first kappa shape index (κ1) is 10.7. The van der Waals surface area contributed by atoms with Gasteiger partial charge in [0.25, 0.3) is 0 Å². The zero-order chi connectivity index (χ0) is 7.56. The van der Waals surface area contributed by atoms with Gasteiger partial charge >= 0.3 is 0 Å². The second kappa shape index (κ2) is 4.56. The van der Waals surface area contributed by atoms with Crippen molar-refractivity contribution in [2.24, 2.45) is 0 Å². The van der Waals surface area contributed by atoms with Crippen LogP contribution in [-0.4, -0.2) is 0 Å². The molecule has 0 atom stereocenters. The van der Waals surface area contributed by atoms with Crippen LogP contribution in [0.2, 0.25) is 0 Å². The molecule has 0 unspecified atom stereocenters. The van der Waals surface area contributed by atoms with Gasteiger partial charge in [-0.2, -0.15) is 6.42 Å². The van der Waals surface area contributed by atoms with Gasteiger partial charge in [0.1, 0.15) is 0 Å². The SMILES string of the molecule is [CH2-]Cc1ccc(C)c(C)c1.[Ni]. The maximum absolute atomic E-state index is 3.83. The van der Waals surface area contributed by atoms with Crippen LogP contribution in [0.15, 0.2) is 18.2 Å². The van der Waals surface area contributed by atoms with E-state index in [1.807, 2.05) is 0 Å². The van der Waals surface area contributed by atoms with Gasteiger partial charge in [0.2, 0.25) is 0 Å². The summed E-state index contributed by atoms with van der Waals surface area (Å²) in [6.45, 7) is 8.09. The van der Waals surface area contributed by atoms with Crippen LogP contribution in [0, 0.1) is 20.8 Å². The minimum atomic E-state index is 0. The Kier molecular flexibility index (Phi) is 4.44. The van der Waals surface area contributed by atoms with Gasteiger partial charge in [0, 0.05) is 16.5 Å². The van der Waals surface area contributed by atoms with Gasteiger partial charge in [-0.25, -0.2) is 0 Å². The number of benzene rings is 1. The first-order valence-electron chi connectivity index (χ1n) is 3.59. The molecule has 1 heteroatoms. The van der Waals surface area contributed by atoms with Crippen molar-refractivity contribution in [1.29, 1.82) is 0 Å². The average Bonchev–Trinajstić information content (AvgIpc) is 1.95. The molecule has 11 heavy (non-hydrogen) atoms. The van der Waals surface area contributed by atoms with Crippen LogP contribution in [0.5, 0.6) is 0 Å². The minimum Gasteiger partial charge on any atom is -0.339 e. The third-order valence-corrected chi connectivity index (χ3v) is 1.86. The maximum Gasteiger partial charge on any atom is 0 e. The molecule has 0 saturated heterocycles. The van der Waals surface area contributed by atoms with Crippen molar-refractivity contribution in [1.82, 2.24) is 0 Å². The summed E-state index contributed by atoms with van der Waals surface area (Å²) in [5, 5.41) is 0. The van der Waals surface area contributed by atoms with Crippen molar-refractivity contribution < 1.29 is 16.5 Å². The number of hydrogen-bond acceptors (Lipinski definition) is 0. The Morgan fingerprint density at radius 1 is 1.18 bits per heavy atom. The van der Waals surface area contributed by atoms with E-state index in [1.54, 1.807) is 0 Å². The van der Waals surface area contributed by atoms with E-state index in [2.05, 4.69) is 39.0 Å². The molecule has 0 amide bonds. The minimum absolute atomic E-state index is 0. The molecule has 0 nitrogen and oxygen atoms in total. The third kappa shape index (κ3) is 2.67. The van der Waals surface area contributed by atoms with Crippen LogP contribution < -0.4 is 0 Å². The standard InChI is InChI=1S/C10H13.Ni/c1-4-10-6-5-8(2)9(3)7-10;/h5-7H,1,4H2,2-3H3;/q-1;. The Hall–Kier alpha value is -0.286. The molecule has 1 aromatic carbocycles. The molecular weight excluding hydrogens is 179 g/mol. The predicted octanol–water partition coefficient (Wildman–Crippen LogP) is 2.68. The monoisotopic (exact) mass is 191 g/mol. The summed E-state index contributed by atoms with van der Waals surface area (Å²) >= 11 is 0. The van der Waals surface area contributed by atoms with Crippen LogP contribution in [0.1, 0.15) is 16.7 Å². The van der Waals surface area contributed by atoms with Crippen LogP contribution in [0.25, 0.3) is 0 Å². The van der Waals surface area contributed by atoms with Crippen molar-refractivity contribution in [3.63, 3.8) is 0 Å². The summed E-state index contributed by atoms with van der Waals surface area (Å²) < 4.78 is 0. The van der Waals surface area contributed by atoms with E-state index < -0.39 is 0 Å². The predicted molar refractivity (Wildman–Crippen MR) is 45.0 cm³/mol. The first-order chi connectivity index (χ1) is 4.74. The van der Waals surface area contributed by atoms with E-state index >= 15 is 0 Å². The van der Waals surface area contributed by atoms with Crippen LogP contribution in [0.3, 0.4) is 0 Å². The molecule has 0 aliphatic heterocycles. The van der Waals surface area contributed by atoms with E-state index in [9.17, 15) is 0 Å². The summed E-state index contributed by atoms with van der Waals surface area (Å²) in [7, 11) is 0. The Morgan fingerprint density at radius 2 is 1.82 bits per heavy atom. The number of aryl methyl sites for hydroxylation is 2. The molecule has 0 aliphatic carbocycles. The van der Waals surface area contributed by atoms with E-state index in [4.69, 9.17) is 0 Å². The molecule has 0 saturated carbocycles. The average molecular weight is 192 g/mol. The quantitative estimate of drug-likeness (QED) is 0.473. The summed E-state index contributed by atoms with van der Waals surface area (Å²) in [5.41, 5.74) is 4.04. The molecule has 0 spiro atoms. The molecule has 0 aromatic heterocycles. The Morgan fingerprint density at radius 3 is 2.27 bits per heavy atom. The summed E-state index contributed by atoms with van der Waals surface area (Å²) in [6.07, 6.45) is 0.890. The molecular formula is C10H13Ni-. The van der Waals surface area contributed by atoms with Gasteiger partial charge < -0.3 is 6.92 Å². The van der Waals surface area contributed by atoms with Crippen LogP contribution in [0.4, 0.5) is 0 Å². The zero-order valence-electron chi connectivity index (χ0n) is 6.96. The summed E-state index contributed by atoms with van der Waals surface area (Å²) in [4.78, 5) is 0.